The molecule has 0 spiro atoms. The molecule has 0 aromatic heterocycles. The van der Waals surface area contributed by atoms with Gasteiger partial charge in [-0.1, -0.05) is 0 Å². The van der Waals surface area contributed by atoms with Gasteiger partial charge in [-0.3, -0.25) is 14.4 Å². The van der Waals surface area contributed by atoms with E-state index in [1.165, 1.54) is 0 Å². The number of carbonyl (C=O) groups is 3. The fourth-order valence-corrected chi connectivity index (χ4v) is 3.36. The van der Waals surface area contributed by atoms with Crippen LogP contribution in [0.2, 0.25) is 0 Å². The van der Waals surface area contributed by atoms with Crippen LogP contribution in [-0.2, 0) is 9.53 Å². The van der Waals surface area contributed by atoms with Crippen LogP contribution in [0.3, 0.4) is 0 Å². The Labute approximate surface area is 194 Å². The molecule has 176 valence electrons. The number of amides is 3. The van der Waals surface area contributed by atoms with Gasteiger partial charge in [0.25, 0.3) is 11.8 Å². The zero-order chi connectivity index (χ0) is 23.8. The largest absolute Gasteiger partial charge is 0.376 e. The highest BCUT2D eigenvalue weighted by Gasteiger charge is 2.17. The molecule has 0 bridgehead atoms. The predicted octanol–water partition coefficient (Wildman–Crippen LogP) is 3.17. The van der Waals surface area contributed by atoms with Crippen molar-refractivity contribution in [1.82, 2.24) is 10.6 Å². The van der Waals surface area contributed by atoms with Crippen LogP contribution < -0.4 is 21.3 Å². The van der Waals surface area contributed by atoms with Crippen molar-refractivity contribution in [2.24, 2.45) is 0 Å². The lowest BCUT2D eigenvalue weighted by molar-refractivity contribution is -0.114. The molecule has 4 N–H and O–H groups in total. The Kier molecular flexibility index (Phi) is 8.06. The summed E-state index contributed by atoms with van der Waals surface area (Å²) in [6, 6.07) is 13.7. The zero-order valence-corrected chi connectivity index (χ0v) is 19.4. The maximum atomic E-state index is 12.3. The summed E-state index contributed by atoms with van der Waals surface area (Å²) < 4.78 is 5.50. The van der Waals surface area contributed by atoms with Gasteiger partial charge in [-0.15, -0.1) is 0 Å². The minimum absolute atomic E-state index is 0.0666. The average Bonchev–Trinajstić information content (AvgIpc) is 3.29. The lowest BCUT2D eigenvalue weighted by Crippen LogP contribution is -2.40. The highest BCUT2D eigenvalue weighted by molar-refractivity contribution is 5.97. The highest BCUT2D eigenvalue weighted by atomic mass is 16.5. The van der Waals surface area contributed by atoms with Crippen molar-refractivity contribution >= 4 is 29.1 Å². The monoisotopic (exact) mass is 452 g/mol. The molecule has 8 nitrogen and oxygen atoms in total. The van der Waals surface area contributed by atoms with Gasteiger partial charge in [0.2, 0.25) is 5.91 Å². The summed E-state index contributed by atoms with van der Waals surface area (Å²) in [4.78, 5) is 36.7. The van der Waals surface area contributed by atoms with Crippen molar-refractivity contribution in [2.75, 3.05) is 30.3 Å². The summed E-state index contributed by atoms with van der Waals surface area (Å²) in [5, 5.41) is 11.6. The lowest BCUT2D eigenvalue weighted by Gasteiger charge is -2.20. The van der Waals surface area contributed by atoms with E-state index in [9.17, 15) is 14.4 Å². The van der Waals surface area contributed by atoms with Gasteiger partial charge in [0, 0.05) is 41.2 Å². The van der Waals surface area contributed by atoms with E-state index < -0.39 is 0 Å². The van der Waals surface area contributed by atoms with Gasteiger partial charge in [-0.25, -0.2) is 0 Å². The van der Waals surface area contributed by atoms with Crippen LogP contribution in [0.1, 0.15) is 54.3 Å². The maximum Gasteiger partial charge on any atom is 0.251 e. The van der Waals surface area contributed by atoms with E-state index in [0.29, 0.717) is 23.4 Å². The van der Waals surface area contributed by atoms with Crippen molar-refractivity contribution in [3.63, 3.8) is 0 Å². The molecule has 1 aliphatic rings. The summed E-state index contributed by atoms with van der Waals surface area (Å²) >= 11 is 0. The van der Waals surface area contributed by atoms with Gasteiger partial charge in [-0.2, -0.15) is 0 Å². The van der Waals surface area contributed by atoms with Crippen LogP contribution in [0.5, 0.6) is 0 Å². The predicted molar refractivity (Wildman–Crippen MR) is 129 cm³/mol. The molecule has 2 aromatic carbocycles. The quantitative estimate of drug-likeness (QED) is 0.492. The van der Waals surface area contributed by atoms with Crippen LogP contribution in [0.15, 0.2) is 48.5 Å². The number of carbonyl (C=O) groups excluding carboxylic acids is 3. The Morgan fingerprint density at radius 1 is 0.909 bits per heavy atom. The molecule has 1 unspecified atom stereocenters. The molecule has 1 heterocycles. The molecule has 0 saturated carbocycles. The first-order valence-corrected chi connectivity index (χ1v) is 11.2. The van der Waals surface area contributed by atoms with Crippen LogP contribution >= 0.6 is 0 Å². The maximum absolute atomic E-state index is 12.3. The third-order valence-corrected chi connectivity index (χ3v) is 5.03. The lowest BCUT2D eigenvalue weighted by atomic mass is 10.1. The first kappa shape index (κ1) is 24.3. The van der Waals surface area contributed by atoms with E-state index in [1.54, 1.807) is 48.5 Å². The molecule has 3 rings (SSSR count). The molecule has 0 radical (unpaired) electrons. The van der Waals surface area contributed by atoms with Crippen LogP contribution in [-0.4, -0.2) is 49.1 Å². The average molecular weight is 453 g/mol. The van der Waals surface area contributed by atoms with Crippen molar-refractivity contribution in [1.29, 1.82) is 0 Å². The molecule has 0 aliphatic carbocycles. The van der Waals surface area contributed by atoms with Gasteiger partial charge in [0.15, 0.2) is 0 Å². The van der Waals surface area contributed by atoms with Crippen LogP contribution in [0.4, 0.5) is 11.4 Å². The van der Waals surface area contributed by atoms with Crippen LogP contribution in [0.25, 0.3) is 0 Å². The molecule has 8 heteroatoms. The third-order valence-electron chi connectivity index (χ3n) is 5.03. The van der Waals surface area contributed by atoms with Gasteiger partial charge in [0.1, 0.15) is 0 Å². The smallest absolute Gasteiger partial charge is 0.251 e. The molecule has 1 saturated heterocycles. The summed E-state index contributed by atoms with van der Waals surface area (Å²) in [6.45, 7) is 7.10. The van der Waals surface area contributed by atoms with E-state index in [2.05, 4.69) is 21.3 Å². The van der Waals surface area contributed by atoms with E-state index in [4.69, 9.17) is 4.74 Å². The topological polar surface area (TPSA) is 109 Å². The second-order valence-corrected chi connectivity index (χ2v) is 9.11. The van der Waals surface area contributed by atoms with Gasteiger partial charge in [0.05, 0.1) is 12.6 Å². The van der Waals surface area contributed by atoms with E-state index in [-0.39, 0.29) is 35.9 Å². The normalized spacial score (nSPS) is 15.5. The minimum Gasteiger partial charge on any atom is -0.376 e. The second-order valence-electron chi connectivity index (χ2n) is 9.11. The highest BCUT2D eigenvalue weighted by Crippen LogP contribution is 2.13. The third kappa shape index (κ3) is 7.91. The van der Waals surface area contributed by atoms with Crippen LogP contribution in [0, 0.1) is 0 Å². The second kappa shape index (κ2) is 11.0. The van der Waals surface area contributed by atoms with E-state index in [1.807, 2.05) is 20.8 Å². The Morgan fingerprint density at radius 3 is 2.09 bits per heavy atom. The molecular weight excluding hydrogens is 420 g/mol. The zero-order valence-electron chi connectivity index (χ0n) is 19.4. The molecular formula is C25H32N4O4. The number of hydrogen-bond acceptors (Lipinski definition) is 5. The molecule has 33 heavy (non-hydrogen) atoms. The number of nitrogens with one attached hydrogen (secondary N) is 4. The van der Waals surface area contributed by atoms with Crippen molar-refractivity contribution in [2.45, 2.75) is 45.3 Å². The number of hydrogen-bond donors (Lipinski definition) is 4. The van der Waals surface area contributed by atoms with Gasteiger partial charge < -0.3 is 26.0 Å². The number of rotatable bonds is 8. The number of benzene rings is 2. The van der Waals surface area contributed by atoms with Gasteiger partial charge in [-0.05, 0) is 82.1 Å². The summed E-state index contributed by atoms with van der Waals surface area (Å²) in [5.74, 6) is -0.527. The van der Waals surface area contributed by atoms with Crippen molar-refractivity contribution in [3.05, 3.63) is 59.7 Å². The summed E-state index contributed by atoms with van der Waals surface area (Å²) in [7, 11) is 0. The molecule has 1 atom stereocenters. The van der Waals surface area contributed by atoms with E-state index in [0.717, 1.165) is 25.1 Å². The molecule has 1 aliphatic heterocycles. The molecule has 1 fully saturated rings. The fourth-order valence-electron chi connectivity index (χ4n) is 3.36. The number of anilines is 2. The Bertz CT molecular complexity index is 959. The number of ether oxygens (including phenoxy) is 1. The minimum atomic E-state index is -0.307. The SMILES string of the molecule is CC(C)(C)NC(=O)c1ccc(NCC(=O)Nc2ccc(C(=O)NCC3CCCO3)cc2)cc1. The Morgan fingerprint density at radius 2 is 1.52 bits per heavy atom. The molecule has 3 amide bonds. The first-order valence-electron chi connectivity index (χ1n) is 11.2. The fraction of sp³-hybridized carbons (Fsp3) is 0.400. The summed E-state index contributed by atoms with van der Waals surface area (Å²) in [6.07, 6.45) is 2.09. The van der Waals surface area contributed by atoms with Gasteiger partial charge >= 0.3 is 0 Å². The Balaban J connectivity index is 1.43. The standard InChI is InChI=1S/C25H32N4O4/c1-25(2,3)29-24(32)18-6-10-19(11-7-18)26-16-22(30)28-20-12-8-17(9-13-20)23(31)27-15-21-5-4-14-33-21/h6-13,21,26H,4-5,14-16H2,1-3H3,(H,27,31)(H,28,30)(H,29,32). The first-order chi connectivity index (χ1) is 15.7. The van der Waals surface area contributed by atoms with Crippen molar-refractivity contribution in [3.8, 4) is 0 Å². The molecule has 2 aromatic rings. The summed E-state index contributed by atoms with van der Waals surface area (Å²) in [5.41, 5.74) is 2.11. The van der Waals surface area contributed by atoms with E-state index >= 15 is 0 Å². The van der Waals surface area contributed by atoms with Crippen molar-refractivity contribution < 1.29 is 19.1 Å². The Hall–Kier alpha value is -3.39.